The summed E-state index contributed by atoms with van der Waals surface area (Å²) in [6.45, 7) is 3.93. The molecule has 0 radical (unpaired) electrons. The van der Waals surface area contributed by atoms with E-state index in [-0.39, 0.29) is 11.7 Å². The lowest BCUT2D eigenvalue weighted by atomic mass is 9.92. The highest BCUT2D eigenvalue weighted by atomic mass is 31.2. The van der Waals surface area contributed by atoms with Crippen LogP contribution < -0.4 is 4.52 Å². The maximum absolute atomic E-state index is 11.1. The summed E-state index contributed by atoms with van der Waals surface area (Å²) in [5.74, 6) is 0.308. The van der Waals surface area contributed by atoms with Gasteiger partial charge in [0.25, 0.3) is 0 Å². The first-order valence-electron chi connectivity index (χ1n) is 7.10. The Balaban J connectivity index is 0.000000550. The van der Waals surface area contributed by atoms with E-state index in [1.54, 1.807) is 12.1 Å². The molecule has 2 rings (SSSR count). The van der Waals surface area contributed by atoms with E-state index in [1.807, 2.05) is 50.2 Å². The van der Waals surface area contributed by atoms with E-state index in [4.69, 9.17) is 33.6 Å². The van der Waals surface area contributed by atoms with Crippen molar-refractivity contribution in [3.05, 3.63) is 54.1 Å². The largest absolute Gasteiger partial charge is 0.524 e. The maximum Gasteiger partial charge on any atom is 0.524 e. The summed E-state index contributed by atoms with van der Waals surface area (Å²) in [5.41, 5.74) is 2.71. The molecule has 0 unspecified atom stereocenters. The molecule has 0 spiro atoms. The summed E-state index contributed by atoms with van der Waals surface area (Å²) >= 11 is 0. The summed E-state index contributed by atoms with van der Waals surface area (Å²) in [4.78, 5) is 39.6. The fraction of sp³-hybridized carbons (Fsp3) is 0.200. The van der Waals surface area contributed by atoms with Crippen LogP contribution in [0.1, 0.15) is 25.3 Å². The number of phosphoric ester groups is 1. The van der Waals surface area contributed by atoms with Crippen LogP contribution >= 0.6 is 15.6 Å². The first-order valence-corrected chi connectivity index (χ1v) is 10.2. The van der Waals surface area contributed by atoms with Gasteiger partial charge in [-0.2, -0.15) is 0 Å². The molecule has 0 aliphatic heterocycles. The Labute approximate surface area is 145 Å². The van der Waals surface area contributed by atoms with Crippen molar-refractivity contribution in [3.63, 3.8) is 0 Å². The van der Waals surface area contributed by atoms with Gasteiger partial charge in [0, 0.05) is 5.56 Å². The zero-order valence-electron chi connectivity index (χ0n) is 13.6. The van der Waals surface area contributed by atoms with Gasteiger partial charge in [-0.15, -0.1) is 0 Å². The van der Waals surface area contributed by atoms with Crippen LogP contribution in [-0.2, 0) is 9.13 Å². The van der Waals surface area contributed by atoms with E-state index in [9.17, 15) is 4.57 Å². The van der Waals surface area contributed by atoms with Crippen molar-refractivity contribution in [3.8, 4) is 16.9 Å². The Bertz CT molecular complexity index is 771. The quantitative estimate of drug-likeness (QED) is 0.501. The molecule has 5 N–H and O–H groups in total. The van der Waals surface area contributed by atoms with Gasteiger partial charge in [0.1, 0.15) is 5.75 Å². The lowest BCUT2D eigenvalue weighted by Gasteiger charge is -2.18. The van der Waals surface area contributed by atoms with Crippen LogP contribution in [0.15, 0.2) is 48.5 Å². The molecule has 8 nitrogen and oxygen atoms in total. The molecule has 0 aliphatic rings. The van der Waals surface area contributed by atoms with E-state index >= 15 is 0 Å². The van der Waals surface area contributed by atoms with E-state index in [0.717, 1.165) is 16.7 Å². The lowest BCUT2D eigenvalue weighted by Crippen LogP contribution is -1.99. The molecule has 0 aliphatic carbocycles. The summed E-state index contributed by atoms with van der Waals surface area (Å²) in [5, 5.41) is 0. The molecule has 2 aromatic rings. The molecular formula is C15H20O8P2. The third-order valence-corrected chi connectivity index (χ3v) is 3.38. The van der Waals surface area contributed by atoms with E-state index in [2.05, 4.69) is 0 Å². The predicted molar refractivity (Wildman–Crippen MR) is 92.9 cm³/mol. The van der Waals surface area contributed by atoms with Gasteiger partial charge in [-0.25, -0.2) is 9.13 Å². The zero-order valence-corrected chi connectivity index (χ0v) is 15.3. The summed E-state index contributed by atoms with van der Waals surface area (Å²) < 4.78 is 24.8. The van der Waals surface area contributed by atoms with Gasteiger partial charge in [-0.3, -0.25) is 9.79 Å². The Morgan fingerprint density at radius 3 is 1.80 bits per heavy atom. The molecule has 25 heavy (non-hydrogen) atoms. The smallest absolute Gasteiger partial charge is 0.404 e. The Morgan fingerprint density at radius 2 is 1.36 bits per heavy atom. The highest BCUT2D eigenvalue weighted by molar-refractivity contribution is 7.46. The molecule has 0 fully saturated rings. The number of phosphoric acid groups is 2. The van der Waals surface area contributed by atoms with Gasteiger partial charge in [0.2, 0.25) is 0 Å². The Morgan fingerprint density at radius 1 is 0.840 bits per heavy atom. The van der Waals surface area contributed by atoms with Gasteiger partial charge < -0.3 is 19.2 Å². The van der Waals surface area contributed by atoms with Crippen LogP contribution in [0.25, 0.3) is 11.1 Å². The molecule has 0 heterocycles. The zero-order chi connectivity index (χ0) is 19.3. The monoisotopic (exact) mass is 390 g/mol. The summed E-state index contributed by atoms with van der Waals surface area (Å²) in [6, 6.07) is 14.9. The molecule has 0 saturated heterocycles. The number of rotatable bonds is 4. The van der Waals surface area contributed by atoms with Crippen LogP contribution in [-0.4, -0.2) is 24.5 Å². The van der Waals surface area contributed by atoms with Crippen molar-refractivity contribution < 1.29 is 38.1 Å². The standard InChI is InChI=1S/C15H17O4P.H3O4P/c1-11(2)15-13(12-7-4-3-5-8-12)9-6-10-14(15)19-20(16,17)18;1-5(2,3)4/h3-11H,1-2H3,(H2,16,17,18);(H3,1,2,3,4). The van der Waals surface area contributed by atoms with Crippen LogP contribution in [0.4, 0.5) is 0 Å². The molecule has 0 atom stereocenters. The van der Waals surface area contributed by atoms with Gasteiger partial charge >= 0.3 is 15.6 Å². The molecule has 0 saturated carbocycles. The van der Waals surface area contributed by atoms with E-state index in [0.29, 0.717) is 0 Å². The van der Waals surface area contributed by atoms with Crippen molar-refractivity contribution in [2.24, 2.45) is 0 Å². The van der Waals surface area contributed by atoms with Crippen molar-refractivity contribution in [1.29, 1.82) is 0 Å². The van der Waals surface area contributed by atoms with Crippen LogP contribution in [0.3, 0.4) is 0 Å². The SMILES string of the molecule is CC(C)c1c(OP(=O)(O)O)cccc1-c1ccccc1.O=P(O)(O)O. The van der Waals surface area contributed by atoms with Gasteiger partial charge in [-0.05, 0) is 23.1 Å². The number of hydrogen-bond acceptors (Lipinski definition) is 3. The summed E-state index contributed by atoms with van der Waals surface area (Å²) in [7, 11) is -9.20. The van der Waals surface area contributed by atoms with Crippen LogP contribution in [0.5, 0.6) is 5.75 Å². The number of hydrogen-bond donors (Lipinski definition) is 5. The molecule has 0 bridgehead atoms. The van der Waals surface area contributed by atoms with Gasteiger partial charge in [0.15, 0.2) is 0 Å². The average molecular weight is 390 g/mol. The minimum atomic E-state index is -4.64. The molecule has 10 heteroatoms. The fourth-order valence-electron chi connectivity index (χ4n) is 2.22. The van der Waals surface area contributed by atoms with Gasteiger partial charge in [0.05, 0.1) is 0 Å². The van der Waals surface area contributed by atoms with Gasteiger partial charge in [-0.1, -0.05) is 56.3 Å². The minimum Gasteiger partial charge on any atom is -0.404 e. The summed E-state index contributed by atoms with van der Waals surface area (Å²) in [6.07, 6.45) is 0. The third-order valence-electron chi connectivity index (χ3n) is 2.95. The van der Waals surface area contributed by atoms with Crippen LogP contribution in [0.2, 0.25) is 0 Å². The Hall–Kier alpha value is -1.50. The molecular weight excluding hydrogens is 370 g/mol. The normalized spacial score (nSPS) is 11.7. The lowest BCUT2D eigenvalue weighted by molar-refractivity contribution is 0.274. The van der Waals surface area contributed by atoms with Crippen molar-refractivity contribution >= 4 is 15.6 Å². The minimum absolute atomic E-state index is 0.0768. The molecule has 0 amide bonds. The van der Waals surface area contributed by atoms with Crippen molar-refractivity contribution in [2.45, 2.75) is 19.8 Å². The molecule has 2 aromatic carbocycles. The second-order valence-electron chi connectivity index (χ2n) is 5.33. The highest BCUT2D eigenvalue weighted by Gasteiger charge is 2.21. The maximum atomic E-state index is 11.1. The first-order chi connectivity index (χ1) is 11.4. The van der Waals surface area contributed by atoms with Crippen LogP contribution in [0, 0.1) is 0 Å². The highest BCUT2D eigenvalue weighted by Crippen LogP contribution is 2.44. The first kappa shape index (κ1) is 21.5. The fourth-order valence-corrected chi connectivity index (χ4v) is 2.63. The molecule has 138 valence electrons. The average Bonchev–Trinajstić information content (AvgIpc) is 2.44. The molecule has 0 aromatic heterocycles. The second-order valence-corrected chi connectivity index (χ2v) is 7.52. The Kier molecular flexibility index (Phi) is 7.53. The van der Waals surface area contributed by atoms with Crippen molar-refractivity contribution in [1.82, 2.24) is 0 Å². The third kappa shape index (κ3) is 8.43. The van der Waals surface area contributed by atoms with Crippen molar-refractivity contribution in [2.75, 3.05) is 0 Å². The topological polar surface area (TPSA) is 145 Å². The van der Waals surface area contributed by atoms with E-state index < -0.39 is 15.6 Å². The predicted octanol–water partition coefficient (Wildman–Crippen LogP) is 3.02. The number of benzene rings is 2. The van der Waals surface area contributed by atoms with E-state index in [1.165, 1.54) is 0 Å². The second kappa shape index (κ2) is 8.74.